The summed E-state index contributed by atoms with van der Waals surface area (Å²) < 4.78 is 0. The number of hydrogen-bond donors (Lipinski definition) is 1. The molecule has 2 nitrogen and oxygen atoms in total. The molecule has 0 atom stereocenters. The summed E-state index contributed by atoms with van der Waals surface area (Å²) >= 11 is 0. The number of hydrogen-bond acceptors (Lipinski definition) is 2. The van der Waals surface area contributed by atoms with E-state index in [-0.39, 0.29) is 5.41 Å². The zero-order chi connectivity index (χ0) is 8.91. The van der Waals surface area contributed by atoms with Crippen LogP contribution >= 0.6 is 0 Å². The molecular formula is C9H19NO. The van der Waals surface area contributed by atoms with E-state index in [2.05, 4.69) is 32.3 Å². The van der Waals surface area contributed by atoms with Crippen molar-refractivity contribution in [3.8, 4) is 0 Å². The van der Waals surface area contributed by atoms with Gasteiger partial charge in [-0.15, -0.1) is 0 Å². The van der Waals surface area contributed by atoms with Gasteiger partial charge in [0.05, 0.1) is 6.54 Å². The third kappa shape index (κ3) is 3.42. The minimum absolute atomic E-state index is 0.156. The minimum Gasteiger partial charge on any atom is -0.413 e. The Bertz CT molecular complexity index is 133. The molecule has 0 spiro atoms. The predicted octanol–water partition coefficient (Wildman–Crippen LogP) is 2.48. The molecule has 1 aliphatic rings. The van der Waals surface area contributed by atoms with Crippen LogP contribution in [0.5, 0.6) is 0 Å². The van der Waals surface area contributed by atoms with Gasteiger partial charge in [0.2, 0.25) is 0 Å². The summed E-state index contributed by atoms with van der Waals surface area (Å²) in [7, 11) is 0. The summed E-state index contributed by atoms with van der Waals surface area (Å²) in [5.74, 6) is 1.04. The van der Waals surface area contributed by atoms with Gasteiger partial charge in [-0.3, -0.25) is 0 Å². The standard InChI is InChI=1S/C7H13NO.C2H6/c1-7(2,3)6-4-5-8-9-6;1-2/h4,8H,5H2,1-3H3;1-2H3. The first-order valence-corrected chi connectivity index (χ1v) is 4.21. The van der Waals surface area contributed by atoms with E-state index in [0.717, 1.165) is 12.3 Å². The average molecular weight is 157 g/mol. The number of hydroxylamine groups is 1. The molecule has 66 valence electrons. The second-order valence-corrected chi connectivity index (χ2v) is 3.27. The van der Waals surface area contributed by atoms with Crippen molar-refractivity contribution in [3.63, 3.8) is 0 Å². The van der Waals surface area contributed by atoms with Gasteiger partial charge in [0.1, 0.15) is 5.76 Å². The minimum atomic E-state index is 0.156. The monoisotopic (exact) mass is 157 g/mol. The van der Waals surface area contributed by atoms with E-state index < -0.39 is 0 Å². The maximum Gasteiger partial charge on any atom is 0.127 e. The van der Waals surface area contributed by atoms with Gasteiger partial charge in [0.25, 0.3) is 0 Å². The van der Waals surface area contributed by atoms with Crippen LogP contribution in [0.25, 0.3) is 0 Å². The first-order valence-electron chi connectivity index (χ1n) is 4.21. The van der Waals surface area contributed by atoms with Crippen LogP contribution in [0.3, 0.4) is 0 Å². The zero-order valence-corrected chi connectivity index (χ0v) is 8.19. The fraction of sp³-hybridized carbons (Fsp3) is 0.778. The topological polar surface area (TPSA) is 21.3 Å². The molecule has 0 unspecified atom stereocenters. The Kier molecular flexibility index (Phi) is 4.19. The van der Waals surface area contributed by atoms with Crippen LogP contribution in [-0.2, 0) is 4.84 Å². The lowest BCUT2D eigenvalue weighted by Crippen LogP contribution is -2.13. The maximum atomic E-state index is 5.13. The average Bonchev–Trinajstić information content (AvgIpc) is 2.40. The van der Waals surface area contributed by atoms with Gasteiger partial charge >= 0.3 is 0 Å². The summed E-state index contributed by atoms with van der Waals surface area (Å²) in [6, 6.07) is 0. The molecule has 0 bridgehead atoms. The van der Waals surface area contributed by atoms with E-state index in [1.54, 1.807) is 0 Å². The number of allylic oxidation sites excluding steroid dienone is 1. The van der Waals surface area contributed by atoms with E-state index in [0.29, 0.717) is 0 Å². The van der Waals surface area contributed by atoms with Gasteiger partial charge in [-0.25, -0.2) is 0 Å². The smallest absolute Gasteiger partial charge is 0.127 e. The third-order valence-electron chi connectivity index (χ3n) is 1.29. The summed E-state index contributed by atoms with van der Waals surface area (Å²) in [6.07, 6.45) is 2.07. The van der Waals surface area contributed by atoms with Crippen LogP contribution in [0, 0.1) is 5.41 Å². The van der Waals surface area contributed by atoms with Crippen molar-refractivity contribution < 1.29 is 4.84 Å². The lowest BCUT2D eigenvalue weighted by atomic mass is 9.94. The van der Waals surface area contributed by atoms with E-state index in [1.807, 2.05) is 13.8 Å². The van der Waals surface area contributed by atoms with Crippen molar-refractivity contribution in [3.05, 3.63) is 11.8 Å². The lowest BCUT2D eigenvalue weighted by Gasteiger charge is -2.17. The van der Waals surface area contributed by atoms with E-state index in [9.17, 15) is 0 Å². The molecule has 0 fully saturated rings. The fourth-order valence-electron chi connectivity index (χ4n) is 0.755. The van der Waals surface area contributed by atoms with Gasteiger partial charge < -0.3 is 4.84 Å². The van der Waals surface area contributed by atoms with Crippen LogP contribution in [0.4, 0.5) is 0 Å². The van der Waals surface area contributed by atoms with Crippen LogP contribution in [0.2, 0.25) is 0 Å². The van der Waals surface area contributed by atoms with E-state index in [1.165, 1.54) is 0 Å². The van der Waals surface area contributed by atoms with Gasteiger partial charge in [-0.05, 0) is 6.08 Å². The van der Waals surface area contributed by atoms with Crippen molar-refractivity contribution in [1.29, 1.82) is 0 Å². The highest BCUT2D eigenvalue weighted by molar-refractivity contribution is 5.06. The lowest BCUT2D eigenvalue weighted by molar-refractivity contribution is 0.0964. The fourth-order valence-corrected chi connectivity index (χ4v) is 0.755. The predicted molar refractivity (Wildman–Crippen MR) is 48.0 cm³/mol. The molecular weight excluding hydrogens is 138 g/mol. The van der Waals surface area contributed by atoms with Crippen molar-refractivity contribution in [2.75, 3.05) is 6.54 Å². The number of rotatable bonds is 0. The Morgan fingerprint density at radius 1 is 1.36 bits per heavy atom. The van der Waals surface area contributed by atoms with Crippen LogP contribution in [0.15, 0.2) is 11.8 Å². The molecule has 0 saturated heterocycles. The Labute approximate surface area is 69.6 Å². The van der Waals surface area contributed by atoms with Crippen molar-refractivity contribution in [2.24, 2.45) is 5.41 Å². The molecule has 0 aromatic rings. The van der Waals surface area contributed by atoms with Gasteiger partial charge in [0, 0.05) is 5.41 Å². The maximum absolute atomic E-state index is 5.13. The van der Waals surface area contributed by atoms with Crippen molar-refractivity contribution >= 4 is 0 Å². The molecule has 0 aromatic heterocycles. The van der Waals surface area contributed by atoms with Crippen LogP contribution < -0.4 is 5.48 Å². The van der Waals surface area contributed by atoms with Crippen LogP contribution in [-0.4, -0.2) is 6.54 Å². The Morgan fingerprint density at radius 3 is 2.09 bits per heavy atom. The molecule has 1 heterocycles. The normalized spacial score (nSPS) is 16.3. The van der Waals surface area contributed by atoms with Gasteiger partial charge in [0.15, 0.2) is 0 Å². The zero-order valence-electron chi connectivity index (χ0n) is 8.19. The molecule has 0 aromatic carbocycles. The quantitative estimate of drug-likeness (QED) is 0.583. The molecule has 0 amide bonds. The Balaban J connectivity index is 0.000000461. The second-order valence-electron chi connectivity index (χ2n) is 3.27. The van der Waals surface area contributed by atoms with E-state index >= 15 is 0 Å². The van der Waals surface area contributed by atoms with Crippen molar-refractivity contribution in [2.45, 2.75) is 34.6 Å². The highest BCUT2D eigenvalue weighted by Crippen LogP contribution is 2.26. The highest BCUT2D eigenvalue weighted by atomic mass is 16.7. The SMILES string of the molecule is CC.CC(C)(C)C1=CCNO1. The van der Waals surface area contributed by atoms with Crippen LogP contribution in [0.1, 0.15) is 34.6 Å². The molecule has 1 aliphatic heterocycles. The van der Waals surface area contributed by atoms with E-state index in [4.69, 9.17) is 4.84 Å². The van der Waals surface area contributed by atoms with Gasteiger partial charge in [-0.1, -0.05) is 34.6 Å². The Morgan fingerprint density at radius 2 is 1.91 bits per heavy atom. The summed E-state index contributed by atoms with van der Waals surface area (Å²) in [5, 5.41) is 0. The third-order valence-corrected chi connectivity index (χ3v) is 1.29. The first-order chi connectivity index (χ1) is 5.11. The molecule has 1 rings (SSSR count). The summed E-state index contributed by atoms with van der Waals surface area (Å²) in [4.78, 5) is 5.13. The largest absolute Gasteiger partial charge is 0.413 e. The highest BCUT2D eigenvalue weighted by Gasteiger charge is 2.21. The summed E-state index contributed by atoms with van der Waals surface area (Å²) in [5.41, 5.74) is 2.94. The first kappa shape index (κ1) is 10.5. The molecule has 0 aliphatic carbocycles. The second kappa shape index (κ2) is 4.39. The Hall–Kier alpha value is -0.500. The van der Waals surface area contributed by atoms with Gasteiger partial charge in [-0.2, -0.15) is 5.48 Å². The molecule has 2 heteroatoms. The molecule has 0 radical (unpaired) electrons. The molecule has 1 N–H and O–H groups in total. The molecule has 0 saturated carbocycles. The van der Waals surface area contributed by atoms with Crippen molar-refractivity contribution in [1.82, 2.24) is 5.48 Å². The number of nitrogens with one attached hydrogen (secondary N) is 1. The summed E-state index contributed by atoms with van der Waals surface area (Å²) in [6.45, 7) is 11.2. The molecule has 11 heavy (non-hydrogen) atoms.